The zero-order valence-corrected chi connectivity index (χ0v) is 23.2. The van der Waals surface area contributed by atoms with Gasteiger partial charge in [0.05, 0.1) is 26.9 Å². The van der Waals surface area contributed by atoms with E-state index in [1.54, 1.807) is 20.1 Å². The maximum Gasteiger partial charge on any atom is 0.341 e. The van der Waals surface area contributed by atoms with Gasteiger partial charge in [0.1, 0.15) is 16.3 Å². The van der Waals surface area contributed by atoms with Crippen LogP contribution in [0.1, 0.15) is 56.0 Å². The average Bonchev–Trinajstić information content (AvgIpc) is 3.34. The lowest BCUT2D eigenvalue weighted by Gasteiger charge is -2.11. The number of benzene rings is 2. The highest BCUT2D eigenvalue weighted by atomic mass is 32.1. The Hall–Kier alpha value is -3.78. The molecule has 0 radical (unpaired) electrons. The van der Waals surface area contributed by atoms with Crippen LogP contribution >= 0.6 is 11.3 Å². The first-order valence-electron chi connectivity index (χ1n) is 12.8. The van der Waals surface area contributed by atoms with Crippen molar-refractivity contribution >= 4 is 34.3 Å². The molecular formula is C30H35NO6S. The van der Waals surface area contributed by atoms with E-state index in [2.05, 4.69) is 12.2 Å². The highest BCUT2D eigenvalue weighted by Crippen LogP contribution is 2.37. The molecule has 2 aromatic carbocycles. The fourth-order valence-corrected chi connectivity index (χ4v) is 4.69. The summed E-state index contributed by atoms with van der Waals surface area (Å²) in [7, 11) is 1.59. The van der Waals surface area contributed by atoms with Crippen molar-refractivity contribution in [2.75, 3.05) is 32.2 Å². The maximum absolute atomic E-state index is 12.8. The zero-order chi connectivity index (χ0) is 27.3. The predicted octanol–water partition coefficient (Wildman–Crippen LogP) is 7.22. The van der Waals surface area contributed by atoms with E-state index in [1.165, 1.54) is 17.4 Å². The number of thiophene rings is 1. The topological polar surface area (TPSA) is 83.1 Å². The second-order valence-electron chi connectivity index (χ2n) is 8.32. The molecule has 0 aliphatic carbocycles. The summed E-state index contributed by atoms with van der Waals surface area (Å²) in [4.78, 5) is 25.6. The van der Waals surface area contributed by atoms with Crippen LogP contribution in [0.5, 0.6) is 17.2 Å². The van der Waals surface area contributed by atoms with Crippen LogP contribution in [0.4, 0.5) is 5.00 Å². The second kappa shape index (κ2) is 14.8. The molecule has 0 saturated carbocycles. The van der Waals surface area contributed by atoms with Crippen molar-refractivity contribution in [2.24, 2.45) is 0 Å². The van der Waals surface area contributed by atoms with E-state index in [-0.39, 0.29) is 12.5 Å². The molecule has 3 rings (SSSR count). The summed E-state index contributed by atoms with van der Waals surface area (Å²) >= 11 is 1.27. The van der Waals surface area contributed by atoms with Gasteiger partial charge in [-0.05, 0) is 61.7 Å². The Kier molecular flexibility index (Phi) is 11.2. The Morgan fingerprint density at radius 1 is 0.947 bits per heavy atom. The van der Waals surface area contributed by atoms with Crippen LogP contribution < -0.4 is 19.5 Å². The molecule has 0 bridgehead atoms. The third-order valence-electron chi connectivity index (χ3n) is 5.60. The number of nitrogens with one attached hydrogen (secondary N) is 1. The number of esters is 1. The number of hydrogen-bond acceptors (Lipinski definition) is 7. The molecule has 0 atom stereocenters. The number of unbranched alkanes of at least 4 members (excludes halogenated alkanes) is 2. The third-order valence-corrected chi connectivity index (χ3v) is 6.50. The Balaban J connectivity index is 1.76. The molecule has 0 aliphatic rings. The zero-order valence-electron chi connectivity index (χ0n) is 22.4. The maximum atomic E-state index is 12.8. The first kappa shape index (κ1) is 28.8. The van der Waals surface area contributed by atoms with Crippen LogP contribution in [0.15, 0.2) is 53.9 Å². The van der Waals surface area contributed by atoms with E-state index in [4.69, 9.17) is 18.9 Å². The van der Waals surface area contributed by atoms with Crippen LogP contribution in [-0.2, 0) is 9.53 Å². The third kappa shape index (κ3) is 7.86. The molecule has 1 N–H and O–H groups in total. The number of methoxy groups -OCH3 is 1. The van der Waals surface area contributed by atoms with Gasteiger partial charge in [-0.1, -0.05) is 38.0 Å². The molecule has 0 fully saturated rings. The van der Waals surface area contributed by atoms with Gasteiger partial charge in [-0.25, -0.2) is 4.79 Å². The molecule has 0 saturated heterocycles. The molecule has 3 aromatic rings. The summed E-state index contributed by atoms with van der Waals surface area (Å²) in [5.41, 5.74) is 2.63. The van der Waals surface area contributed by atoms with Crippen LogP contribution in [0, 0.1) is 0 Å². The minimum Gasteiger partial charge on any atom is -0.494 e. The Morgan fingerprint density at radius 2 is 1.74 bits per heavy atom. The van der Waals surface area contributed by atoms with E-state index in [0.29, 0.717) is 40.8 Å². The summed E-state index contributed by atoms with van der Waals surface area (Å²) < 4.78 is 22.1. The number of carbonyl (C=O) groups excluding carboxylic acids is 2. The van der Waals surface area contributed by atoms with Gasteiger partial charge in [-0.2, -0.15) is 0 Å². The molecule has 1 amide bonds. The van der Waals surface area contributed by atoms with Crippen molar-refractivity contribution in [3.05, 3.63) is 65.0 Å². The van der Waals surface area contributed by atoms with Gasteiger partial charge in [0.15, 0.2) is 11.5 Å². The summed E-state index contributed by atoms with van der Waals surface area (Å²) in [5, 5.41) is 5.10. The van der Waals surface area contributed by atoms with Crippen LogP contribution in [0.25, 0.3) is 17.2 Å². The summed E-state index contributed by atoms with van der Waals surface area (Å²) in [6.07, 6.45) is 6.33. The highest BCUT2D eigenvalue weighted by molar-refractivity contribution is 7.15. The molecule has 1 aromatic heterocycles. The van der Waals surface area contributed by atoms with Gasteiger partial charge in [-0.3, -0.25) is 4.79 Å². The van der Waals surface area contributed by atoms with Gasteiger partial charge >= 0.3 is 5.97 Å². The minimum absolute atomic E-state index is 0.227. The summed E-state index contributed by atoms with van der Waals surface area (Å²) in [5.74, 6) is 1.16. The first-order valence-corrected chi connectivity index (χ1v) is 13.7. The van der Waals surface area contributed by atoms with E-state index >= 15 is 0 Å². The number of ether oxygens (including phenoxy) is 4. The molecule has 38 heavy (non-hydrogen) atoms. The van der Waals surface area contributed by atoms with Gasteiger partial charge < -0.3 is 24.3 Å². The Bertz CT molecular complexity index is 1230. The molecule has 202 valence electrons. The minimum atomic E-state index is -0.490. The van der Waals surface area contributed by atoms with Gasteiger partial charge in [0, 0.05) is 17.0 Å². The normalized spacial score (nSPS) is 10.8. The fraction of sp³-hybridized carbons (Fsp3) is 0.333. The van der Waals surface area contributed by atoms with Crippen LogP contribution in [0.3, 0.4) is 0 Å². The van der Waals surface area contributed by atoms with Crippen LogP contribution in [0.2, 0.25) is 0 Å². The summed E-state index contributed by atoms with van der Waals surface area (Å²) in [6.45, 7) is 7.24. The monoisotopic (exact) mass is 537 g/mol. The van der Waals surface area contributed by atoms with Gasteiger partial charge in [0.2, 0.25) is 5.91 Å². The lowest BCUT2D eigenvalue weighted by molar-refractivity contribution is -0.111. The number of carbonyl (C=O) groups is 2. The van der Waals surface area contributed by atoms with Crippen molar-refractivity contribution in [1.29, 1.82) is 0 Å². The second-order valence-corrected chi connectivity index (χ2v) is 9.20. The van der Waals surface area contributed by atoms with Gasteiger partial charge in [0.25, 0.3) is 0 Å². The Morgan fingerprint density at radius 3 is 2.42 bits per heavy atom. The molecule has 8 heteroatoms. The average molecular weight is 538 g/mol. The van der Waals surface area contributed by atoms with Crippen LogP contribution in [-0.4, -0.2) is 38.8 Å². The molecule has 0 aliphatic heterocycles. The lowest BCUT2D eigenvalue weighted by atomic mass is 10.0. The quantitative estimate of drug-likeness (QED) is 0.133. The number of rotatable bonds is 14. The fourth-order valence-electron chi connectivity index (χ4n) is 3.73. The molecule has 0 unspecified atom stereocenters. The van der Waals surface area contributed by atoms with E-state index in [9.17, 15) is 9.59 Å². The standard InChI is InChI=1S/C30H35NO6S/c1-5-8-9-18-37-25-16-10-21(19-26(25)34-4)11-17-27(32)31-29-28(30(33)36-7-3)24(20-38-29)22-12-14-23(15-13-22)35-6-2/h10-17,19-20H,5-9,18H2,1-4H3,(H,31,32)/b17-11+. The van der Waals surface area contributed by atoms with E-state index in [0.717, 1.165) is 36.1 Å². The van der Waals surface area contributed by atoms with E-state index < -0.39 is 5.97 Å². The molecule has 1 heterocycles. The van der Waals surface area contributed by atoms with Crippen molar-refractivity contribution in [3.8, 4) is 28.4 Å². The predicted molar refractivity (Wildman–Crippen MR) is 153 cm³/mol. The molecule has 0 spiro atoms. The molecular weight excluding hydrogens is 502 g/mol. The number of hydrogen-bond donors (Lipinski definition) is 1. The Labute approximate surface area is 228 Å². The lowest BCUT2D eigenvalue weighted by Crippen LogP contribution is -2.12. The van der Waals surface area contributed by atoms with Crippen molar-refractivity contribution in [3.63, 3.8) is 0 Å². The van der Waals surface area contributed by atoms with Gasteiger partial charge in [-0.15, -0.1) is 11.3 Å². The van der Waals surface area contributed by atoms with Crippen molar-refractivity contribution in [2.45, 2.75) is 40.0 Å². The smallest absolute Gasteiger partial charge is 0.341 e. The van der Waals surface area contributed by atoms with E-state index in [1.807, 2.05) is 54.8 Å². The number of anilines is 1. The first-order chi connectivity index (χ1) is 18.5. The highest BCUT2D eigenvalue weighted by Gasteiger charge is 2.22. The number of amides is 1. The largest absolute Gasteiger partial charge is 0.494 e. The summed E-state index contributed by atoms with van der Waals surface area (Å²) in [6, 6.07) is 13.0. The van der Waals surface area contributed by atoms with Crippen molar-refractivity contribution < 1.29 is 28.5 Å². The molecule has 7 nitrogen and oxygen atoms in total. The van der Waals surface area contributed by atoms with Crippen molar-refractivity contribution in [1.82, 2.24) is 0 Å². The SMILES string of the molecule is CCCCCOc1ccc(/C=C/C(=O)Nc2scc(-c3ccc(OCC)cc3)c2C(=O)OCC)cc1OC.